The molecule has 520 valence electrons. The van der Waals surface area contributed by atoms with Gasteiger partial charge in [0.15, 0.2) is 0 Å². The number of unbranched alkanes of at least 4 members (excludes halogenated alkanes) is 2. The predicted octanol–water partition coefficient (Wildman–Crippen LogP) is 26.0. The van der Waals surface area contributed by atoms with Crippen LogP contribution < -0.4 is 0 Å². The molecule has 0 aliphatic carbocycles. The molecule has 35 heteroatoms. The summed E-state index contributed by atoms with van der Waals surface area (Å²) in [6, 6.07) is 55.8. The van der Waals surface area contributed by atoms with Crippen LogP contribution in [0.2, 0.25) is 0 Å². The summed E-state index contributed by atoms with van der Waals surface area (Å²) in [5, 5.41) is 30.9. The first kappa shape index (κ1) is 87.0. The zero-order chi connectivity index (χ0) is 71.7. The van der Waals surface area contributed by atoms with E-state index in [1.165, 1.54) is 20.8 Å². The molecule has 99 heavy (non-hydrogen) atoms. The Kier molecular flexibility index (Phi) is 28.5. The summed E-state index contributed by atoms with van der Waals surface area (Å²) in [7, 11) is -32.0. The van der Waals surface area contributed by atoms with Gasteiger partial charge in [-0.1, -0.05) is 137 Å². The predicted molar refractivity (Wildman–Crippen MR) is 347 cm³/mol. The molecular weight excluding hydrogens is 1500 g/mol. The molecule has 12 nitrogen and oxygen atoms in total. The van der Waals surface area contributed by atoms with E-state index in [-0.39, 0.29) is 56.3 Å². The van der Waals surface area contributed by atoms with Crippen molar-refractivity contribution in [2.24, 2.45) is 0 Å². The second kappa shape index (κ2) is 32.5. The molecular formula is C64H58F18N11OP3Zn2. The zero-order valence-electron chi connectivity index (χ0n) is 53.0. The van der Waals surface area contributed by atoms with Crippen molar-refractivity contribution >= 4 is 111 Å². The number of nitrogens with zero attached hydrogens (tertiary/aromatic N) is 11. The Morgan fingerprint density at radius 2 is 0.455 bits per heavy atom. The van der Waals surface area contributed by atoms with Crippen molar-refractivity contribution in [2.75, 3.05) is 0 Å². The van der Waals surface area contributed by atoms with Crippen molar-refractivity contribution in [3.63, 3.8) is 0 Å². The summed E-state index contributed by atoms with van der Waals surface area (Å²) in [6.45, 7) is 8.75. The van der Waals surface area contributed by atoms with E-state index >= 15 is 0 Å². The van der Waals surface area contributed by atoms with Crippen molar-refractivity contribution in [1.29, 1.82) is 15.8 Å². The van der Waals surface area contributed by atoms with Gasteiger partial charge in [0.05, 0.1) is 85.1 Å². The molecule has 0 saturated carbocycles. The maximum Gasteiger partial charge on any atom is 2.00 e. The van der Waals surface area contributed by atoms with Crippen LogP contribution >= 0.6 is 23.4 Å². The number of hydrogen-bond acceptors (Lipinski definition) is 12. The van der Waals surface area contributed by atoms with Crippen LogP contribution in [0.5, 0.6) is 0 Å². The van der Waals surface area contributed by atoms with Gasteiger partial charge in [0.1, 0.15) is 0 Å². The average Bonchev–Trinajstić information content (AvgIpc) is 0.791. The molecule has 8 heterocycles. The number of benzene rings is 4. The Balaban J connectivity index is 0.000000470. The van der Waals surface area contributed by atoms with Crippen LogP contribution in [-0.4, -0.2) is 45.3 Å². The van der Waals surface area contributed by atoms with E-state index in [1.807, 2.05) is 49.1 Å². The van der Waals surface area contributed by atoms with E-state index in [1.54, 1.807) is 18.2 Å². The third-order valence-corrected chi connectivity index (χ3v) is 12.9. The molecule has 0 aliphatic heterocycles. The average molecular weight is 1560 g/mol. The molecule has 0 atom stereocenters. The number of rotatable bonds is 10. The Labute approximate surface area is 579 Å². The maximum atomic E-state index is 9.87. The molecule has 0 spiro atoms. The molecule has 0 bridgehead atoms. The van der Waals surface area contributed by atoms with E-state index in [4.69, 9.17) is 35.7 Å². The first-order valence-electron chi connectivity index (χ1n) is 28.4. The second-order valence-corrected chi connectivity index (χ2v) is 26.5. The monoisotopic (exact) mass is 1560 g/mol. The van der Waals surface area contributed by atoms with Crippen molar-refractivity contribution in [3.8, 4) is 18.2 Å². The van der Waals surface area contributed by atoms with Crippen molar-refractivity contribution in [1.82, 2.24) is 39.9 Å². The third-order valence-electron chi connectivity index (χ3n) is 12.9. The quantitative estimate of drug-likeness (QED) is 0.0543. The fraction of sp³-hybridized carbons (Fsp3) is 0.203. The van der Waals surface area contributed by atoms with Crippen LogP contribution in [0.15, 0.2) is 170 Å². The SMILES string of the molecule is CC#N.CC#N.CC#N.CCCCC(c1ccc2ccc3cccnc3c2n1)c1ccc2ccc3cccnc3c2n1.CCCCC(c1ccc2ccc3cccnc3c2n1)c1ccc2ccc3cccnc3c2n1.F[P-](F)(F)(F)(F)F.F[P-](F)(F)(F)(F)F.F[P-](F)(F)(F)(F)F.[OH-].[Zn+2].[Zn+2]. The Morgan fingerprint density at radius 1 is 0.303 bits per heavy atom. The van der Waals surface area contributed by atoms with Crippen molar-refractivity contribution < 1.29 is 120 Å². The second-order valence-electron chi connectivity index (χ2n) is 20.7. The van der Waals surface area contributed by atoms with Crippen molar-refractivity contribution in [2.45, 2.75) is 85.0 Å². The van der Waals surface area contributed by atoms with Gasteiger partial charge < -0.3 is 5.48 Å². The fourth-order valence-corrected chi connectivity index (χ4v) is 9.44. The summed E-state index contributed by atoms with van der Waals surface area (Å²) in [5.41, 5.74) is 11.8. The van der Waals surface area contributed by atoms with Crippen LogP contribution in [-0.2, 0) is 39.0 Å². The molecule has 8 aromatic heterocycles. The summed E-state index contributed by atoms with van der Waals surface area (Å²) < 4.78 is 178. The summed E-state index contributed by atoms with van der Waals surface area (Å²) in [6.07, 6.45) is 13.9. The first-order valence-corrected chi connectivity index (χ1v) is 34.5. The van der Waals surface area contributed by atoms with E-state index in [2.05, 4.69) is 155 Å². The van der Waals surface area contributed by atoms with Gasteiger partial charge in [-0.3, -0.25) is 19.9 Å². The van der Waals surface area contributed by atoms with Gasteiger partial charge >= 0.3 is 138 Å². The van der Waals surface area contributed by atoms with Gasteiger partial charge in [0.25, 0.3) is 0 Å². The standard InChI is InChI=1S/2C29H24N4.3C2H3N.3F6P.H2O.2Zn/c2*1-2-3-8-23(24-15-13-21-11-9-19-6-4-17-30-26(19)28(21)32-24)25-16-14-22-12-10-20-7-5-18-31-27(20)29(22)33-25;3*1-2-3;3*1-7(2,3,4,5)6;;;/h2*4-7,9-18,23H,2-3,8H2,1H3;3*1H3;;;;1H2;;/q;;;;;3*-1;;2*+2/p-1. The van der Waals surface area contributed by atoms with Gasteiger partial charge in [-0.05, 0) is 61.4 Å². The molecule has 0 fully saturated rings. The Morgan fingerprint density at radius 3 is 0.616 bits per heavy atom. The van der Waals surface area contributed by atoms with Crippen molar-refractivity contribution in [3.05, 3.63) is 193 Å². The summed E-state index contributed by atoms with van der Waals surface area (Å²) in [4.78, 5) is 39.2. The molecule has 12 rings (SSSR count). The Bertz CT molecular complexity index is 4270. The summed E-state index contributed by atoms with van der Waals surface area (Å²) in [5.74, 6) is 0.244. The van der Waals surface area contributed by atoms with E-state index in [9.17, 15) is 75.5 Å². The molecule has 0 unspecified atom stereocenters. The molecule has 12 aromatic rings. The third kappa shape index (κ3) is 31.7. The number of aromatic nitrogens is 8. The smallest absolute Gasteiger partial charge is 0.870 e. The van der Waals surface area contributed by atoms with E-state index in [0.29, 0.717) is 0 Å². The number of hydrogen-bond donors (Lipinski definition) is 0. The zero-order valence-corrected chi connectivity index (χ0v) is 61.6. The van der Waals surface area contributed by atoms with E-state index in [0.717, 1.165) is 149 Å². The molecule has 0 saturated heterocycles. The fourth-order valence-electron chi connectivity index (χ4n) is 9.44. The number of nitriles is 3. The van der Waals surface area contributed by atoms with Gasteiger partial charge in [0.2, 0.25) is 0 Å². The van der Waals surface area contributed by atoms with Crippen LogP contribution in [0, 0.1) is 34.0 Å². The summed E-state index contributed by atoms with van der Waals surface area (Å²) >= 11 is 0. The molecule has 0 radical (unpaired) electrons. The first-order chi connectivity index (χ1) is 44.2. The van der Waals surface area contributed by atoms with Gasteiger partial charge in [-0.15, -0.1) is 0 Å². The molecule has 0 aliphatic rings. The minimum absolute atomic E-state index is 0. The normalized spacial score (nSPS) is 13.0. The molecule has 0 amide bonds. The number of pyridine rings is 8. The maximum absolute atomic E-state index is 10.7. The Hall–Kier alpha value is -8.13. The minimum Gasteiger partial charge on any atom is -0.870 e. The topological polar surface area (TPSA) is 204 Å². The molecule has 1 N–H and O–H groups in total. The largest absolute Gasteiger partial charge is 2.00 e. The van der Waals surface area contributed by atoms with Crippen LogP contribution in [0.3, 0.4) is 0 Å². The molecule has 4 aromatic carbocycles. The van der Waals surface area contributed by atoms with Gasteiger partial charge in [-0.25, -0.2) is 19.9 Å². The van der Waals surface area contributed by atoms with E-state index < -0.39 is 23.4 Å². The van der Waals surface area contributed by atoms with Crippen LogP contribution in [0.25, 0.3) is 87.2 Å². The minimum atomic E-state index is -10.7. The van der Waals surface area contributed by atoms with Crippen LogP contribution in [0.4, 0.5) is 75.5 Å². The van der Waals surface area contributed by atoms with Crippen LogP contribution in [0.1, 0.15) is 108 Å². The van der Waals surface area contributed by atoms with Gasteiger partial charge in [0, 0.05) is 100 Å². The number of fused-ring (bicyclic) bond motifs is 12. The number of halogens is 18. The van der Waals surface area contributed by atoms with Gasteiger partial charge in [-0.2, -0.15) is 15.8 Å².